The molecule has 39 heavy (non-hydrogen) atoms. The number of aliphatic carboxylic acids is 3. The second kappa shape index (κ2) is 15.2. The van der Waals surface area contributed by atoms with Gasteiger partial charge in [-0.05, 0) is 37.5 Å². The van der Waals surface area contributed by atoms with Gasteiger partial charge in [0.2, 0.25) is 0 Å². The van der Waals surface area contributed by atoms with E-state index in [1.165, 1.54) is 11.1 Å². The van der Waals surface area contributed by atoms with Gasteiger partial charge in [0.25, 0.3) is 5.91 Å². The van der Waals surface area contributed by atoms with E-state index >= 15 is 0 Å². The van der Waals surface area contributed by atoms with Crippen molar-refractivity contribution in [3.8, 4) is 5.75 Å². The van der Waals surface area contributed by atoms with Gasteiger partial charge in [0.05, 0.1) is 12.8 Å². The Morgan fingerprint density at radius 3 is 1.85 bits per heavy atom. The van der Waals surface area contributed by atoms with Crippen LogP contribution in [0.15, 0.2) is 36.4 Å². The number of aliphatic hydroxyl groups is 1. The third-order valence-electron chi connectivity index (χ3n) is 6.39. The van der Waals surface area contributed by atoms with Crippen molar-refractivity contribution < 1.29 is 44.3 Å². The quantitative estimate of drug-likeness (QED) is 0.276. The summed E-state index contributed by atoms with van der Waals surface area (Å²) in [6.07, 6.45) is -0.0624. The maximum Gasteiger partial charge on any atom is 0.336 e. The van der Waals surface area contributed by atoms with Crippen LogP contribution in [-0.4, -0.2) is 117 Å². The van der Waals surface area contributed by atoms with E-state index in [4.69, 9.17) is 25.2 Å². The Labute approximate surface area is 228 Å². The first-order valence-electron chi connectivity index (χ1n) is 12.9. The smallest absolute Gasteiger partial charge is 0.336 e. The van der Waals surface area contributed by atoms with E-state index in [2.05, 4.69) is 35.4 Å². The number of benzene rings is 1. The van der Waals surface area contributed by atoms with Gasteiger partial charge in [0.15, 0.2) is 12.2 Å². The van der Waals surface area contributed by atoms with E-state index in [1.54, 1.807) is 0 Å². The fourth-order valence-corrected chi connectivity index (χ4v) is 4.35. The molecule has 0 bridgehead atoms. The fraction of sp³-hybridized carbons (Fsp3) is 0.556. The van der Waals surface area contributed by atoms with E-state index < -0.39 is 36.4 Å². The van der Waals surface area contributed by atoms with Crippen LogP contribution >= 0.6 is 0 Å². The maximum absolute atomic E-state index is 12.0. The predicted octanol–water partition coefficient (Wildman–Crippen LogP) is 1.13. The fourth-order valence-electron chi connectivity index (χ4n) is 4.35. The summed E-state index contributed by atoms with van der Waals surface area (Å²) in [6, 6.07) is 8.17. The summed E-state index contributed by atoms with van der Waals surface area (Å²) in [4.78, 5) is 49.4. The number of carboxylic acid groups (broad SMARTS) is 3. The van der Waals surface area contributed by atoms with Crippen molar-refractivity contribution in [2.75, 3.05) is 52.4 Å². The van der Waals surface area contributed by atoms with Crippen LogP contribution in [0.2, 0.25) is 0 Å². The summed E-state index contributed by atoms with van der Waals surface area (Å²) in [5.41, 5.74) is -0.216. The zero-order valence-electron chi connectivity index (χ0n) is 22.4. The number of carbonyl (C=O) groups excluding carboxylic acids is 1. The molecule has 1 aromatic rings. The summed E-state index contributed by atoms with van der Waals surface area (Å²) < 4.78 is 5.66. The van der Waals surface area contributed by atoms with Gasteiger partial charge in [-0.1, -0.05) is 24.3 Å². The third kappa shape index (κ3) is 11.4. The largest absolute Gasteiger partial charge is 0.484 e. The molecule has 2 aliphatic rings. The minimum Gasteiger partial charge on any atom is -0.484 e. The number of rotatable bonds is 12. The maximum atomic E-state index is 12.0. The molecule has 3 rings (SSSR count). The molecule has 12 nitrogen and oxygen atoms in total. The summed E-state index contributed by atoms with van der Waals surface area (Å²) in [5.74, 6) is -4.15. The number of hydrogen-bond acceptors (Lipinski definition) is 8. The molecule has 12 heteroatoms. The van der Waals surface area contributed by atoms with Crippen LogP contribution in [0.3, 0.4) is 0 Å². The van der Waals surface area contributed by atoms with Crippen molar-refractivity contribution >= 4 is 23.8 Å². The van der Waals surface area contributed by atoms with Gasteiger partial charge in [-0.2, -0.15) is 0 Å². The van der Waals surface area contributed by atoms with Crippen LogP contribution in [-0.2, 0) is 25.7 Å². The first-order valence-corrected chi connectivity index (χ1v) is 12.9. The van der Waals surface area contributed by atoms with Crippen LogP contribution in [0, 0.1) is 0 Å². The zero-order valence-corrected chi connectivity index (χ0v) is 22.4. The van der Waals surface area contributed by atoms with Crippen molar-refractivity contribution in [3.05, 3.63) is 42.0 Å². The molecule has 2 saturated heterocycles. The number of carbonyl (C=O) groups is 4. The van der Waals surface area contributed by atoms with Gasteiger partial charge in [0.1, 0.15) is 5.75 Å². The number of amides is 1. The highest BCUT2D eigenvalue weighted by Gasteiger charge is 2.40. The molecule has 0 aliphatic carbocycles. The highest BCUT2D eigenvalue weighted by molar-refractivity contribution is 5.88. The first-order chi connectivity index (χ1) is 18.4. The topological polar surface area (TPSA) is 168 Å². The Balaban J connectivity index is 0.000000349. The van der Waals surface area contributed by atoms with Crippen LogP contribution in [0.25, 0.3) is 0 Å². The highest BCUT2D eigenvalue weighted by Crippen LogP contribution is 2.17. The molecule has 216 valence electrons. The minimum absolute atomic E-state index is 0.0965. The minimum atomic E-state index is -2.74. The Hall–Kier alpha value is -3.48. The zero-order chi connectivity index (χ0) is 29.0. The molecule has 0 saturated carbocycles. The Bertz CT molecular complexity index is 982. The van der Waals surface area contributed by atoms with Crippen molar-refractivity contribution in [1.29, 1.82) is 0 Å². The number of piperazine rings is 1. The molecule has 0 radical (unpaired) electrons. The van der Waals surface area contributed by atoms with Crippen molar-refractivity contribution in [3.63, 3.8) is 0 Å². The Kier molecular flexibility index (Phi) is 12.4. The lowest BCUT2D eigenvalue weighted by Gasteiger charge is -2.34. The lowest BCUT2D eigenvalue weighted by molar-refractivity contribution is -0.170. The van der Waals surface area contributed by atoms with E-state index in [-0.39, 0.29) is 12.5 Å². The molecule has 2 heterocycles. The Morgan fingerprint density at radius 1 is 0.872 bits per heavy atom. The molecular formula is C27H39N3O9. The number of ether oxygens (including phenoxy) is 1. The van der Waals surface area contributed by atoms with E-state index in [1.807, 2.05) is 17.0 Å². The van der Waals surface area contributed by atoms with Crippen LogP contribution in [0.4, 0.5) is 0 Å². The average Bonchev–Trinajstić information content (AvgIpc) is 3.39. The van der Waals surface area contributed by atoms with Crippen LogP contribution in [0.1, 0.15) is 38.2 Å². The van der Waals surface area contributed by atoms with Crippen LogP contribution in [0.5, 0.6) is 5.75 Å². The number of hydrogen-bond donors (Lipinski definition) is 4. The number of nitrogens with zero attached hydrogens (tertiary/aromatic N) is 3. The summed E-state index contributed by atoms with van der Waals surface area (Å²) in [6.45, 7) is 14.4. The average molecular weight is 550 g/mol. The van der Waals surface area contributed by atoms with Crippen molar-refractivity contribution in [2.24, 2.45) is 0 Å². The van der Waals surface area contributed by atoms with Gasteiger partial charge in [-0.15, -0.1) is 0 Å². The monoisotopic (exact) mass is 549 g/mol. The normalized spacial score (nSPS) is 16.2. The second-order valence-corrected chi connectivity index (χ2v) is 10.0. The molecule has 0 unspecified atom stereocenters. The number of carboxylic acids is 3. The summed E-state index contributed by atoms with van der Waals surface area (Å²) >= 11 is 0. The molecule has 0 atom stereocenters. The first kappa shape index (κ1) is 31.7. The molecule has 1 amide bonds. The van der Waals surface area contributed by atoms with Gasteiger partial charge >= 0.3 is 17.9 Å². The van der Waals surface area contributed by atoms with Gasteiger partial charge in [-0.25, -0.2) is 4.79 Å². The molecule has 0 spiro atoms. The van der Waals surface area contributed by atoms with Crippen molar-refractivity contribution in [2.45, 2.75) is 44.8 Å². The molecule has 2 fully saturated rings. The lowest BCUT2D eigenvalue weighted by atomic mass is 9.96. The number of likely N-dealkylation sites (tertiary alicyclic amines) is 1. The summed E-state index contributed by atoms with van der Waals surface area (Å²) in [5, 5.41) is 33.8. The molecular weight excluding hydrogens is 510 g/mol. The van der Waals surface area contributed by atoms with E-state index in [9.17, 15) is 19.2 Å². The van der Waals surface area contributed by atoms with Gasteiger partial charge in [0, 0.05) is 52.4 Å². The predicted molar refractivity (Wildman–Crippen MR) is 141 cm³/mol. The second-order valence-electron chi connectivity index (χ2n) is 10.0. The lowest BCUT2D eigenvalue weighted by Crippen LogP contribution is -2.46. The summed E-state index contributed by atoms with van der Waals surface area (Å²) in [7, 11) is 0. The van der Waals surface area contributed by atoms with Crippen molar-refractivity contribution in [1.82, 2.24) is 14.7 Å². The molecule has 1 aromatic carbocycles. The highest BCUT2D eigenvalue weighted by atomic mass is 16.5. The van der Waals surface area contributed by atoms with Crippen LogP contribution < -0.4 is 4.74 Å². The standard InChI is InChI=1S/C21H31N3O2.C6H8O7/c1-18(2)15-22-11-13-23(14-12-22)16-19-5-7-20(8-6-19)26-17-21(25)24-9-3-4-10-24;7-3(8)1-6(13,5(11)12)2-4(9)10/h5-8H,1,3-4,9-17H2,2H3;13H,1-2H2,(H,7,8)(H,9,10)(H,11,12). The van der Waals surface area contributed by atoms with Gasteiger partial charge in [-0.3, -0.25) is 24.2 Å². The Morgan fingerprint density at radius 2 is 1.38 bits per heavy atom. The SMILES string of the molecule is C=C(C)CN1CCN(Cc2ccc(OCC(=O)N3CCCC3)cc2)CC1.O=C(O)CC(O)(CC(=O)O)C(=O)O. The van der Waals surface area contributed by atoms with E-state index in [0.717, 1.165) is 70.9 Å². The molecule has 0 aromatic heterocycles. The third-order valence-corrected chi connectivity index (χ3v) is 6.39. The molecule has 4 N–H and O–H groups in total. The molecule has 2 aliphatic heterocycles. The van der Waals surface area contributed by atoms with E-state index in [0.29, 0.717) is 0 Å². The van der Waals surface area contributed by atoms with Gasteiger partial charge < -0.3 is 30.1 Å².